The summed E-state index contributed by atoms with van der Waals surface area (Å²) < 4.78 is 16.8. The van der Waals surface area contributed by atoms with Crippen molar-refractivity contribution in [1.29, 1.82) is 0 Å². The Morgan fingerprint density at radius 2 is 1.71 bits per heavy atom. The van der Waals surface area contributed by atoms with Crippen molar-refractivity contribution < 1.29 is 23.5 Å². The van der Waals surface area contributed by atoms with Gasteiger partial charge in [-0.3, -0.25) is 4.79 Å². The highest BCUT2D eigenvalue weighted by molar-refractivity contribution is 6.17. The van der Waals surface area contributed by atoms with Crippen molar-refractivity contribution in [2.45, 2.75) is 51.9 Å². The lowest BCUT2D eigenvalue weighted by Crippen LogP contribution is -2.31. The van der Waals surface area contributed by atoms with E-state index in [9.17, 15) is 9.59 Å². The average Bonchev–Trinajstić information content (AvgIpc) is 3.27. The molecule has 0 amide bonds. The van der Waals surface area contributed by atoms with Crippen molar-refractivity contribution in [2.75, 3.05) is 33.4 Å². The monoisotopic (exact) mass is 477 g/mol. The van der Waals surface area contributed by atoms with E-state index in [0.717, 1.165) is 31.6 Å². The van der Waals surface area contributed by atoms with E-state index in [2.05, 4.69) is 11.8 Å². The number of benzene rings is 2. The van der Waals surface area contributed by atoms with E-state index in [0.29, 0.717) is 46.4 Å². The third-order valence-electron chi connectivity index (χ3n) is 6.62. The van der Waals surface area contributed by atoms with E-state index in [-0.39, 0.29) is 5.78 Å². The van der Waals surface area contributed by atoms with Gasteiger partial charge in [-0.2, -0.15) is 0 Å². The Labute approximate surface area is 207 Å². The average molecular weight is 478 g/mol. The number of ether oxygens (including phenoxy) is 2. The van der Waals surface area contributed by atoms with Gasteiger partial charge in [-0.1, -0.05) is 19.8 Å². The van der Waals surface area contributed by atoms with Crippen LogP contribution in [-0.4, -0.2) is 50.0 Å². The molecule has 1 aliphatic rings. The number of nitrogens with zero attached hydrogens (tertiary/aromatic N) is 1. The standard InChI is InChI=1S/C29H35NO5/c1-3-4-9-26-27(24-20-22(29(32)33-2)12-15-25(24)35-26)28(31)21-10-13-23(14-11-21)34-19-8-18-30-16-6-5-7-17-30/h10-15,20H,3-9,16-19H2,1-2H3. The van der Waals surface area contributed by atoms with Crippen LogP contribution in [0, 0.1) is 0 Å². The van der Waals surface area contributed by atoms with Gasteiger partial charge in [-0.25, -0.2) is 4.79 Å². The van der Waals surface area contributed by atoms with Gasteiger partial charge in [0, 0.05) is 23.9 Å². The summed E-state index contributed by atoms with van der Waals surface area (Å²) in [6.45, 7) is 6.22. The van der Waals surface area contributed by atoms with Gasteiger partial charge in [0.25, 0.3) is 0 Å². The van der Waals surface area contributed by atoms with Crippen LogP contribution in [0.1, 0.15) is 77.5 Å². The van der Waals surface area contributed by atoms with Crippen LogP contribution in [0.15, 0.2) is 46.9 Å². The first-order valence-corrected chi connectivity index (χ1v) is 12.7. The van der Waals surface area contributed by atoms with E-state index in [1.54, 1.807) is 30.3 Å². The van der Waals surface area contributed by atoms with Gasteiger partial charge in [0.2, 0.25) is 0 Å². The number of likely N-dealkylation sites (tertiary alicyclic amines) is 1. The second-order valence-electron chi connectivity index (χ2n) is 9.16. The quantitative estimate of drug-likeness (QED) is 0.190. The maximum atomic E-state index is 13.6. The molecule has 4 rings (SSSR count). The van der Waals surface area contributed by atoms with Crippen LogP contribution in [0.4, 0.5) is 0 Å². The number of hydrogen-bond acceptors (Lipinski definition) is 6. The number of methoxy groups -OCH3 is 1. The molecule has 2 aromatic carbocycles. The van der Waals surface area contributed by atoms with Crippen LogP contribution < -0.4 is 4.74 Å². The van der Waals surface area contributed by atoms with Gasteiger partial charge >= 0.3 is 5.97 Å². The van der Waals surface area contributed by atoms with Gasteiger partial charge in [-0.05, 0) is 81.2 Å². The number of carbonyl (C=O) groups excluding carboxylic acids is 2. The number of ketones is 1. The Morgan fingerprint density at radius 3 is 2.43 bits per heavy atom. The summed E-state index contributed by atoms with van der Waals surface area (Å²) in [4.78, 5) is 28.2. The Bertz CT molecular complexity index is 1140. The van der Waals surface area contributed by atoms with Crippen LogP contribution in [0.3, 0.4) is 0 Å². The Kier molecular flexibility index (Phi) is 8.59. The van der Waals surface area contributed by atoms with E-state index in [1.807, 2.05) is 12.1 Å². The first-order chi connectivity index (χ1) is 17.1. The fraction of sp³-hybridized carbons (Fsp3) is 0.448. The number of esters is 1. The largest absolute Gasteiger partial charge is 0.494 e. The molecule has 1 aromatic heterocycles. The van der Waals surface area contributed by atoms with Gasteiger partial charge < -0.3 is 18.8 Å². The molecule has 3 aromatic rings. The number of hydrogen-bond donors (Lipinski definition) is 0. The highest BCUT2D eigenvalue weighted by atomic mass is 16.5. The van der Waals surface area contributed by atoms with Crippen molar-refractivity contribution in [3.05, 3.63) is 64.9 Å². The minimum absolute atomic E-state index is 0.117. The molecule has 1 fully saturated rings. The number of fused-ring (bicyclic) bond motifs is 1. The van der Waals surface area contributed by atoms with Gasteiger partial charge in [-0.15, -0.1) is 0 Å². The molecule has 0 spiro atoms. The van der Waals surface area contributed by atoms with Crippen LogP contribution in [0.25, 0.3) is 11.0 Å². The minimum atomic E-state index is -0.441. The number of aryl methyl sites for hydroxylation is 1. The summed E-state index contributed by atoms with van der Waals surface area (Å²) in [7, 11) is 1.35. The number of rotatable bonds is 11. The molecule has 0 radical (unpaired) electrons. The normalized spacial score (nSPS) is 14.2. The molecule has 0 aliphatic carbocycles. The summed E-state index contributed by atoms with van der Waals surface area (Å²) in [6.07, 6.45) is 7.50. The second kappa shape index (κ2) is 12.0. The highest BCUT2D eigenvalue weighted by Gasteiger charge is 2.23. The molecule has 1 saturated heterocycles. The molecule has 1 aliphatic heterocycles. The van der Waals surface area contributed by atoms with Crippen LogP contribution in [0.2, 0.25) is 0 Å². The minimum Gasteiger partial charge on any atom is -0.494 e. The van der Waals surface area contributed by atoms with Crippen LogP contribution in [0.5, 0.6) is 5.75 Å². The number of furan rings is 1. The smallest absolute Gasteiger partial charge is 0.337 e. The van der Waals surface area contributed by atoms with E-state index in [1.165, 1.54) is 39.5 Å². The van der Waals surface area contributed by atoms with Crippen LogP contribution >= 0.6 is 0 Å². The molecule has 0 bridgehead atoms. The van der Waals surface area contributed by atoms with E-state index < -0.39 is 5.97 Å². The number of carbonyl (C=O) groups is 2. The third kappa shape index (κ3) is 6.12. The maximum Gasteiger partial charge on any atom is 0.337 e. The molecule has 2 heterocycles. The molecular weight excluding hydrogens is 442 g/mol. The molecule has 0 saturated carbocycles. The lowest BCUT2D eigenvalue weighted by Gasteiger charge is -2.26. The van der Waals surface area contributed by atoms with Crippen molar-refractivity contribution in [3.63, 3.8) is 0 Å². The van der Waals surface area contributed by atoms with Gasteiger partial charge in [0.15, 0.2) is 5.78 Å². The third-order valence-corrected chi connectivity index (χ3v) is 6.62. The van der Waals surface area contributed by atoms with Crippen molar-refractivity contribution >= 4 is 22.7 Å². The summed E-state index contributed by atoms with van der Waals surface area (Å²) in [5.41, 5.74) is 2.08. The SMILES string of the molecule is CCCCc1oc2ccc(C(=O)OC)cc2c1C(=O)c1ccc(OCCCN2CCCCC2)cc1. The lowest BCUT2D eigenvalue weighted by molar-refractivity contribution is 0.0600. The first-order valence-electron chi connectivity index (χ1n) is 12.7. The highest BCUT2D eigenvalue weighted by Crippen LogP contribution is 2.31. The molecular formula is C29H35NO5. The first kappa shape index (κ1) is 25.0. The Morgan fingerprint density at radius 1 is 0.971 bits per heavy atom. The fourth-order valence-electron chi connectivity index (χ4n) is 4.66. The second-order valence-corrected chi connectivity index (χ2v) is 9.16. The summed E-state index contributed by atoms with van der Waals surface area (Å²) >= 11 is 0. The van der Waals surface area contributed by atoms with E-state index >= 15 is 0 Å². The molecule has 6 nitrogen and oxygen atoms in total. The van der Waals surface area contributed by atoms with Crippen LogP contribution in [-0.2, 0) is 11.2 Å². The van der Waals surface area contributed by atoms with E-state index in [4.69, 9.17) is 13.9 Å². The molecule has 0 atom stereocenters. The zero-order valence-corrected chi connectivity index (χ0v) is 20.8. The van der Waals surface area contributed by atoms with Crippen molar-refractivity contribution in [2.24, 2.45) is 0 Å². The van der Waals surface area contributed by atoms with Crippen molar-refractivity contribution in [1.82, 2.24) is 4.90 Å². The number of piperidine rings is 1. The van der Waals surface area contributed by atoms with Gasteiger partial charge in [0.1, 0.15) is 17.1 Å². The zero-order valence-electron chi connectivity index (χ0n) is 20.8. The summed E-state index contributed by atoms with van der Waals surface area (Å²) in [6, 6.07) is 12.4. The molecule has 186 valence electrons. The number of unbranched alkanes of at least 4 members (excludes halogenated alkanes) is 1. The Balaban J connectivity index is 1.48. The summed E-state index contributed by atoms with van der Waals surface area (Å²) in [5.74, 6) is 0.861. The topological polar surface area (TPSA) is 69.0 Å². The van der Waals surface area contributed by atoms with Crippen molar-refractivity contribution in [3.8, 4) is 5.75 Å². The molecule has 6 heteroatoms. The Hall–Kier alpha value is -3.12. The molecule has 0 unspecified atom stereocenters. The molecule has 0 N–H and O–H groups in total. The fourth-order valence-corrected chi connectivity index (χ4v) is 4.66. The predicted octanol–water partition coefficient (Wildman–Crippen LogP) is 6.05. The maximum absolute atomic E-state index is 13.6. The molecule has 35 heavy (non-hydrogen) atoms. The van der Waals surface area contributed by atoms with Gasteiger partial charge in [0.05, 0.1) is 24.8 Å². The summed E-state index contributed by atoms with van der Waals surface area (Å²) in [5, 5.41) is 0.641. The lowest BCUT2D eigenvalue weighted by atomic mass is 9.97. The zero-order chi connectivity index (χ0) is 24.6. The predicted molar refractivity (Wildman–Crippen MR) is 136 cm³/mol.